The number of hydrogen-bond acceptors (Lipinski definition) is 4. The van der Waals surface area contributed by atoms with Crippen LogP contribution in [0.15, 0.2) is 65.3 Å². The predicted octanol–water partition coefficient (Wildman–Crippen LogP) is 5.37. The molecule has 3 rings (SSSR count). The number of pyridine rings is 1. The summed E-state index contributed by atoms with van der Waals surface area (Å²) in [7, 11) is 1.64. The van der Waals surface area contributed by atoms with Crippen LogP contribution >= 0.6 is 27.5 Å². The van der Waals surface area contributed by atoms with Crippen LogP contribution in [0.4, 0.5) is 0 Å². The minimum atomic E-state index is 0.361. The molecule has 0 saturated carbocycles. The monoisotopic (exact) mass is 446 g/mol. The van der Waals surface area contributed by atoms with Gasteiger partial charge in [-0.2, -0.15) is 0 Å². The maximum absolute atomic E-state index is 6.25. The van der Waals surface area contributed by atoms with Crippen LogP contribution in [0.1, 0.15) is 16.8 Å². The number of methoxy groups -OCH3 is 1. The van der Waals surface area contributed by atoms with E-state index in [1.165, 1.54) is 0 Å². The molecule has 0 bridgehead atoms. The third-order valence-electron chi connectivity index (χ3n) is 4.05. The molecule has 0 amide bonds. The maximum Gasteiger partial charge on any atom is 0.167 e. The van der Waals surface area contributed by atoms with Crippen molar-refractivity contribution < 1.29 is 9.47 Å². The highest BCUT2D eigenvalue weighted by Gasteiger charge is 2.15. The zero-order chi connectivity index (χ0) is 19.1. The van der Waals surface area contributed by atoms with Crippen molar-refractivity contribution in [2.45, 2.75) is 19.7 Å². The van der Waals surface area contributed by atoms with E-state index in [4.69, 9.17) is 21.1 Å². The van der Waals surface area contributed by atoms with Gasteiger partial charge in [0.2, 0.25) is 0 Å². The molecular formula is C21H20BrClN2O2. The first kappa shape index (κ1) is 19.7. The van der Waals surface area contributed by atoms with Gasteiger partial charge in [-0.25, -0.2) is 0 Å². The predicted molar refractivity (Wildman–Crippen MR) is 111 cm³/mol. The smallest absolute Gasteiger partial charge is 0.167 e. The standard InChI is InChI=1S/C21H20BrClN2O2/c1-26-20-10-9-18(22)17(13-24-12-16-7-4-5-11-25-16)21(20)27-14-15-6-2-3-8-19(15)23/h2-11,24H,12-14H2,1H3. The molecule has 0 spiro atoms. The van der Waals surface area contributed by atoms with E-state index in [1.54, 1.807) is 13.3 Å². The number of ether oxygens (including phenoxy) is 2. The van der Waals surface area contributed by atoms with E-state index < -0.39 is 0 Å². The maximum atomic E-state index is 6.25. The lowest BCUT2D eigenvalue weighted by Gasteiger charge is -2.17. The van der Waals surface area contributed by atoms with Crippen molar-refractivity contribution in [2.24, 2.45) is 0 Å². The summed E-state index contributed by atoms with van der Waals surface area (Å²) < 4.78 is 12.6. The fourth-order valence-electron chi connectivity index (χ4n) is 2.65. The Kier molecular flexibility index (Phi) is 7.10. The SMILES string of the molecule is COc1ccc(Br)c(CNCc2ccccn2)c1OCc1ccccc1Cl. The Bertz CT molecular complexity index is 891. The molecule has 27 heavy (non-hydrogen) atoms. The van der Waals surface area contributed by atoms with Gasteiger partial charge in [0.15, 0.2) is 11.5 Å². The van der Waals surface area contributed by atoms with Crippen molar-refractivity contribution in [2.75, 3.05) is 7.11 Å². The molecule has 140 valence electrons. The van der Waals surface area contributed by atoms with Crippen LogP contribution in [-0.4, -0.2) is 12.1 Å². The molecule has 1 heterocycles. The van der Waals surface area contributed by atoms with Crippen molar-refractivity contribution in [1.29, 1.82) is 0 Å². The first-order valence-electron chi connectivity index (χ1n) is 8.51. The van der Waals surface area contributed by atoms with Crippen LogP contribution in [0, 0.1) is 0 Å². The van der Waals surface area contributed by atoms with E-state index in [0.29, 0.717) is 36.2 Å². The molecule has 0 radical (unpaired) electrons. The Morgan fingerprint density at radius 3 is 2.59 bits per heavy atom. The molecule has 0 aliphatic carbocycles. The number of aromatic nitrogens is 1. The number of nitrogens with one attached hydrogen (secondary N) is 1. The number of rotatable bonds is 8. The summed E-state index contributed by atoms with van der Waals surface area (Å²) in [5.74, 6) is 1.38. The molecule has 2 aromatic carbocycles. The van der Waals surface area contributed by atoms with Gasteiger partial charge in [0.25, 0.3) is 0 Å². The molecule has 1 aromatic heterocycles. The summed E-state index contributed by atoms with van der Waals surface area (Å²) in [6.45, 7) is 1.63. The fourth-order valence-corrected chi connectivity index (χ4v) is 3.29. The van der Waals surface area contributed by atoms with Crippen molar-refractivity contribution in [3.8, 4) is 11.5 Å². The van der Waals surface area contributed by atoms with E-state index in [1.807, 2.05) is 54.6 Å². The van der Waals surface area contributed by atoms with Crippen molar-refractivity contribution in [3.63, 3.8) is 0 Å². The number of nitrogens with zero attached hydrogens (tertiary/aromatic N) is 1. The minimum absolute atomic E-state index is 0.361. The van der Waals surface area contributed by atoms with Crippen LogP contribution < -0.4 is 14.8 Å². The quantitative estimate of drug-likeness (QED) is 0.504. The summed E-state index contributed by atoms with van der Waals surface area (Å²) in [6.07, 6.45) is 1.79. The summed E-state index contributed by atoms with van der Waals surface area (Å²) >= 11 is 9.87. The molecule has 0 aliphatic rings. The molecule has 0 fully saturated rings. The van der Waals surface area contributed by atoms with Gasteiger partial charge in [-0.15, -0.1) is 0 Å². The van der Waals surface area contributed by atoms with E-state index in [2.05, 4.69) is 26.2 Å². The minimum Gasteiger partial charge on any atom is -0.493 e. The Hall–Kier alpha value is -2.08. The average Bonchev–Trinajstić information content (AvgIpc) is 2.70. The Balaban J connectivity index is 1.76. The van der Waals surface area contributed by atoms with Crippen LogP contribution in [0.5, 0.6) is 11.5 Å². The lowest BCUT2D eigenvalue weighted by Crippen LogP contribution is -2.15. The lowest BCUT2D eigenvalue weighted by molar-refractivity contribution is 0.280. The number of hydrogen-bond donors (Lipinski definition) is 1. The van der Waals surface area contributed by atoms with Gasteiger partial charge in [-0.05, 0) is 30.3 Å². The molecule has 0 saturated heterocycles. The zero-order valence-electron chi connectivity index (χ0n) is 14.9. The summed E-state index contributed by atoms with van der Waals surface area (Å²) in [6, 6.07) is 17.4. The summed E-state index contributed by atoms with van der Waals surface area (Å²) in [4.78, 5) is 4.33. The van der Waals surface area contributed by atoms with E-state index >= 15 is 0 Å². The highest BCUT2D eigenvalue weighted by Crippen LogP contribution is 2.37. The van der Waals surface area contributed by atoms with Gasteiger partial charge in [0.1, 0.15) is 6.61 Å². The highest BCUT2D eigenvalue weighted by molar-refractivity contribution is 9.10. The number of benzene rings is 2. The first-order chi connectivity index (χ1) is 13.2. The molecule has 0 unspecified atom stereocenters. The molecule has 0 aliphatic heterocycles. The molecule has 6 heteroatoms. The van der Waals surface area contributed by atoms with Crippen LogP contribution in [0.3, 0.4) is 0 Å². The summed E-state index contributed by atoms with van der Waals surface area (Å²) in [5, 5.41) is 4.09. The molecule has 0 atom stereocenters. The average molecular weight is 448 g/mol. The van der Waals surface area contributed by atoms with E-state index in [0.717, 1.165) is 21.3 Å². The third kappa shape index (κ3) is 5.22. The zero-order valence-corrected chi connectivity index (χ0v) is 17.3. The van der Waals surface area contributed by atoms with Gasteiger partial charge >= 0.3 is 0 Å². The molecular weight excluding hydrogens is 428 g/mol. The summed E-state index contributed by atoms with van der Waals surface area (Å²) in [5.41, 5.74) is 2.89. The third-order valence-corrected chi connectivity index (χ3v) is 5.16. The van der Waals surface area contributed by atoms with Crippen molar-refractivity contribution >= 4 is 27.5 Å². The molecule has 1 N–H and O–H groups in total. The second-order valence-corrected chi connectivity index (χ2v) is 7.12. The number of halogens is 2. The Morgan fingerprint density at radius 1 is 1.04 bits per heavy atom. The largest absolute Gasteiger partial charge is 0.493 e. The van der Waals surface area contributed by atoms with Gasteiger partial charge in [0, 0.05) is 39.9 Å². The normalized spacial score (nSPS) is 10.6. The van der Waals surface area contributed by atoms with Crippen molar-refractivity contribution in [3.05, 3.63) is 87.1 Å². The van der Waals surface area contributed by atoms with Gasteiger partial charge in [-0.1, -0.05) is 51.8 Å². The Labute approximate surface area is 172 Å². The van der Waals surface area contributed by atoms with E-state index in [9.17, 15) is 0 Å². The fraction of sp³-hybridized carbons (Fsp3) is 0.190. The Morgan fingerprint density at radius 2 is 1.85 bits per heavy atom. The van der Waals surface area contributed by atoms with Crippen LogP contribution in [0.2, 0.25) is 5.02 Å². The highest BCUT2D eigenvalue weighted by atomic mass is 79.9. The van der Waals surface area contributed by atoms with Crippen molar-refractivity contribution in [1.82, 2.24) is 10.3 Å². The van der Waals surface area contributed by atoms with Gasteiger partial charge in [0.05, 0.1) is 12.8 Å². The second-order valence-electron chi connectivity index (χ2n) is 5.86. The molecule has 3 aromatic rings. The van der Waals surface area contributed by atoms with Crippen LogP contribution in [0.25, 0.3) is 0 Å². The van der Waals surface area contributed by atoms with Gasteiger partial charge < -0.3 is 14.8 Å². The topological polar surface area (TPSA) is 43.4 Å². The molecule has 4 nitrogen and oxygen atoms in total. The lowest BCUT2D eigenvalue weighted by atomic mass is 10.1. The first-order valence-corrected chi connectivity index (χ1v) is 9.68. The van der Waals surface area contributed by atoms with E-state index in [-0.39, 0.29) is 0 Å². The van der Waals surface area contributed by atoms with Crippen LogP contribution in [-0.2, 0) is 19.7 Å². The van der Waals surface area contributed by atoms with Gasteiger partial charge in [-0.3, -0.25) is 4.98 Å². The second kappa shape index (κ2) is 9.74.